The number of hydrogen-bond acceptors (Lipinski definition) is 4. The molecule has 2 aromatic carbocycles. The van der Waals surface area contributed by atoms with E-state index in [4.69, 9.17) is 11.6 Å². The molecule has 2 aromatic rings. The molecule has 0 aliphatic carbocycles. The Morgan fingerprint density at radius 2 is 1.63 bits per heavy atom. The van der Waals surface area contributed by atoms with E-state index in [1.54, 1.807) is 0 Å². The van der Waals surface area contributed by atoms with Gasteiger partial charge in [-0.2, -0.15) is 4.31 Å². The van der Waals surface area contributed by atoms with Crippen LogP contribution in [0, 0.1) is 11.6 Å². The van der Waals surface area contributed by atoms with Gasteiger partial charge in [-0.1, -0.05) is 11.6 Å². The number of anilines is 1. The molecule has 0 bridgehead atoms. The number of nitrogens with one attached hydrogen (secondary N) is 1. The number of nitrogens with zero attached hydrogens (tertiary/aromatic N) is 1. The van der Waals surface area contributed by atoms with Gasteiger partial charge in [0.2, 0.25) is 10.0 Å². The summed E-state index contributed by atoms with van der Waals surface area (Å²) in [6, 6.07) is 5.53. The van der Waals surface area contributed by atoms with Crippen LogP contribution in [0.4, 0.5) is 14.5 Å². The first-order valence-electron chi connectivity index (χ1n) is 7.89. The van der Waals surface area contributed by atoms with Crippen molar-refractivity contribution in [2.45, 2.75) is 22.6 Å². The zero-order chi connectivity index (χ0) is 19.8. The minimum Gasteiger partial charge on any atom is -0.278 e. The maximum absolute atomic E-state index is 13.8. The Morgan fingerprint density at radius 3 is 2.30 bits per heavy atom. The molecule has 0 amide bonds. The van der Waals surface area contributed by atoms with Gasteiger partial charge >= 0.3 is 0 Å². The van der Waals surface area contributed by atoms with Crippen LogP contribution in [0.15, 0.2) is 46.2 Å². The molecule has 0 atom stereocenters. The molecule has 1 heterocycles. The molecule has 27 heavy (non-hydrogen) atoms. The summed E-state index contributed by atoms with van der Waals surface area (Å²) in [5.41, 5.74) is -0.249. The van der Waals surface area contributed by atoms with E-state index in [-0.39, 0.29) is 15.6 Å². The van der Waals surface area contributed by atoms with E-state index in [1.807, 2.05) is 4.72 Å². The molecule has 0 radical (unpaired) electrons. The van der Waals surface area contributed by atoms with Crippen LogP contribution in [0.3, 0.4) is 0 Å². The summed E-state index contributed by atoms with van der Waals surface area (Å²) in [4.78, 5) is -1.06. The number of rotatable bonds is 5. The van der Waals surface area contributed by atoms with Crippen molar-refractivity contribution in [2.75, 3.05) is 17.8 Å². The van der Waals surface area contributed by atoms with Crippen molar-refractivity contribution in [3.05, 3.63) is 53.1 Å². The number of halogens is 3. The number of sulfonamides is 2. The molecule has 0 spiro atoms. The normalized spacial score (nSPS) is 15.8. The molecule has 0 unspecified atom stereocenters. The maximum atomic E-state index is 13.8. The van der Waals surface area contributed by atoms with Gasteiger partial charge in [0, 0.05) is 13.1 Å². The summed E-state index contributed by atoms with van der Waals surface area (Å²) >= 11 is 5.97. The highest BCUT2D eigenvalue weighted by atomic mass is 35.5. The highest BCUT2D eigenvalue weighted by molar-refractivity contribution is 7.92. The molecule has 3 rings (SSSR count). The van der Waals surface area contributed by atoms with Crippen LogP contribution in [0.1, 0.15) is 12.8 Å². The Morgan fingerprint density at radius 1 is 0.963 bits per heavy atom. The quantitative estimate of drug-likeness (QED) is 0.780. The predicted octanol–water partition coefficient (Wildman–Crippen LogP) is 3.20. The zero-order valence-corrected chi connectivity index (χ0v) is 16.2. The second kappa shape index (κ2) is 7.34. The fourth-order valence-electron chi connectivity index (χ4n) is 2.70. The average molecular weight is 437 g/mol. The summed E-state index contributed by atoms with van der Waals surface area (Å²) < 4.78 is 80.5. The van der Waals surface area contributed by atoms with Crippen molar-refractivity contribution < 1.29 is 25.6 Å². The number of benzene rings is 2. The van der Waals surface area contributed by atoms with Crippen molar-refractivity contribution >= 4 is 37.3 Å². The third-order valence-corrected chi connectivity index (χ3v) is 7.67. The van der Waals surface area contributed by atoms with E-state index in [9.17, 15) is 25.6 Å². The van der Waals surface area contributed by atoms with Gasteiger partial charge in [-0.25, -0.2) is 25.6 Å². The molecule has 146 valence electrons. The number of hydrogen-bond donors (Lipinski definition) is 1. The highest BCUT2D eigenvalue weighted by Crippen LogP contribution is 2.30. The molecule has 1 fully saturated rings. The van der Waals surface area contributed by atoms with Crippen molar-refractivity contribution in [2.24, 2.45) is 0 Å². The van der Waals surface area contributed by atoms with Crippen LogP contribution < -0.4 is 4.72 Å². The van der Waals surface area contributed by atoms with Gasteiger partial charge in [0.15, 0.2) is 0 Å². The van der Waals surface area contributed by atoms with Crippen LogP contribution in [-0.2, 0) is 20.0 Å². The van der Waals surface area contributed by atoms with Gasteiger partial charge in [0.25, 0.3) is 10.0 Å². The van der Waals surface area contributed by atoms with Crippen molar-refractivity contribution in [1.29, 1.82) is 0 Å². The molecule has 6 nitrogen and oxygen atoms in total. The largest absolute Gasteiger partial charge is 0.278 e. The maximum Gasteiger partial charge on any atom is 0.264 e. The monoisotopic (exact) mass is 436 g/mol. The lowest BCUT2D eigenvalue weighted by molar-refractivity contribution is 0.477. The topological polar surface area (TPSA) is 83.5 Å². The molecule has 1 aliphatic heterocycles. The van der Waals surface area contributed by atoms with Gasteiger partial charge in [-0.05, 0) is 49.2 Å². The smallest absolute Gasteiger partial charge is 0.264 e. The van der Waals surface area contributed by atoms with Crippen LogP contribution in [0.2, 0.25) is 5.02 Å². The van der Waals surface area contributed by atoms with E-state index < -0.39 is 36.6 Å². The Balaban J connectivity index is 1.99. The Hall–Kier alpha value is -1.75. The Labute approximate surface area is 160 Å². The van der Waals surface area contributed by atoms with Crippen molar-refractivity contribution in [1.82, 2.24) is 4.31 Å². The molecular formula is C16H15ClF2N2O4S2. The first-order valence-corrected chi connectivity index (χ1v) is 11.2. The highest BCUT2D eigenvalue weighted by Gasteiger charge is 2.28. The average Bonchev–Trinajstić information content (AvgIpc) is 3.14. The van der Waals surface area contributed by atoms with Gasteiger partial charge < -0.3 is 0 Å². The van der Waals surface area contributed by atoms with Crippen molar-refractivity contribution in [3.63, 3.8) is 0 Å². The lowest BCUT2D eigenvalue weighted by Crippen LogP contribution is -2.28. The summed E-state index contributed by atoms with van der Waals surface area (Å²) in [5.74, 6) is -2.09. The summed E-state index contributed by atoms with van der Waals surface area (Å²) in [6.45, 7) is 0.751. The zero-order valence-electron chi connectivity index (χ0n) is 13.8. The molecule has 1 saturated heterocycles. The minimum atomic E-state index is -4.53. The second-order valence-corrected chi connectivity index (χ2v) is 9.93. The standard InChI is InChI=1S/C16H15ClF2N2O4S2/c17-13-5-4-12(27(24,25)21-7-1-2-8-21)10-15(13)20-26(22,23)16-9-11(18)3-6-14(16)19/h3-6,9-10,20H,1-2,7-8H2. The van der Waals surface area contributed by atoms with E-state index in [0.29, 0.717) is 25.2 Å². The van der Waals surface area contributed by atoms with E-state index in [2.05, 4.69) is 0 Å². The minimum absolute atomic E-state index is 0.0873. The molecule has 1 N–H and O–H groups in total. The van der Waals surface area contributed by atoms with Gasteiger partial charge in [-0.3, -0.25) is 4.72 Å². The van der Waals surface area contributed by atoms with E-state index in [1.165, 1.54) is 16.4 Å². The first-order chi connectivity index (χ1) is 12.6. The molecular weight excluding hydrogens is 422 g/mol. The fraction of sp³-hybridized carbons (Fsp3) is 0.250. The lowest BCUT2D eigenvalue weighted by atomic mass is 10.3. The van der Waals surface area contributed by atoms with Gasteiger partial charge in [0.1, 0.15) is 16.5 Å². The summed E-state index contributed by atoms with van der Waals surface area (Å²) in [7, 11) is -8.34. The fourth-order valence-corrected chi connectivity index (χ4v) is 5.63. The SMILES string of the molecule is O=S(=O)(Nc1cc(S(=O)(=O)N2CCCC2)ccc1Cl)c1cc(F)ccc1F. The van der Waals surface area contributed by atoms with Gasteiger partial charge in [-0.15, -0.1) is 0 Å². The van der Waals surface area contributed by atoms with Crippen LogP contribution in [-0.4, -0.2) is 34.2 Å². The molecule has 11 heteroatoms. The Bertz CT molecular complexity index is 1090. The lowest BCUT2D eigenvalue weighted by Gasteiger charge is -2.17. The predicted molar refractivity (Wildman–Crippen MR) is 96.6 cm³/mol. The summed E-state index contributed by atoms with van der Waals surface area (Å²) in [5, 5.41) is -0.0873. The third-order valence-electron chi connectivity index (χ3n) is 4.07. The summed E-state index contributed by atoms with van der Waals surface area (Å²) in [6.07, 6.45) is 1.48. The van der Waals surface area contributed by atoms with E-state index >= 15 is 0 Å². The molecule has 0 aromatic heterocycles. The van der Waals surface area contributed by atoms with Crippen LogP contribution in [0.25, 0.3) is 0 Å². The third kappa shape index (κ3) is 4.08. The molecule has 0 saturated carbocycles. The van der Waals surface area contributed by atoms with E-state index in [0.717, 1.165) is 25.0 Å². The second-order valence-electron chi connectivity index (χ2n) is 5.93. The van der Waals surface area contributed by atoms with Crippen LogP contribution >= 0.6 is 11.6 Å². The first kappa shape index (κ1) is 20.0. The Kier molecular flexibility index (Phi) is 5.44. The molecule has 1 aliphatic rings. The van der Waals surface area contributed by atoms with Crippen molar-refractivity contribution in [3.8, 4) is 0 Å². The van der Waals surface area contributed by atoms with Gasteiger partial charge in [0.05, 0.1) is 15.6 Å². The van der Waals surface area contributed by atoms with Crippen LogP contribution in [0.5, 0.6) is 0 Å².